The molecule has 106 valence electrons. The molecule has 0 amide bonds. The molecule has 0 saturated carbocycles. The highest BCUT2D eigenvalue weighted by atomic mass is 79.9. The van der Waals surface area contributed by atoms with Crippen LogP contribution in [0.15, 0.2) is 30.5 Å². The highest BCUT2D eigenvalue weighted by molar-refractivity contribution is 9.09. The van der Waals surface area contributed by atoms with E-state index in [4.69, 9.17) is 4.74 Å². The maximum absolute atomic E-state index is 5.35. The summed E-state index contributed by atoms with van der Waals surface area (Å²) in [5, 5.41) is 3.51. The quantitative estimate of drug-likeness (QED) is 0.797. The van der Waals surface area contributed by atoms with Gasteiger partial charge in [-0.05, 0) is 42.3 Å². The average Bonchev–Trinajstić information content (AvgIpc) is 2.54. The molecule has 0 N–H and O–H groups in total. The summed E-state index contributed by atoms with van der Waals surface area (Å²) in [6.45, 7) is 2.17. The van der Waals surface area contributed by atoms with E-state index in [-0.39, 0.29) is 0 Å². The molecule has 0 spiro atoms. The van der Waals surface area contributed by atoms with Gasteiger partial charge in [0.05, 0.1) is 7.11 Å². The second-order valence-electron chi connectivity index (χ2n) is 5.31. The summed E-state index contributed by atoms with van der Waals surface area (Å²) in [5.74, 6) is 2.78. The number of ether oxygens (including phenoxy) is 1. The molecule has 1 fully saturated rings. The number of rotatable bonds is 3. The van der Waals surface area contributed by atoms with Crippen molar-refractivity contribution in [3.63, 3.8) is 0 Å². The third-order valence-electron chi connectivity index (χ3n) is 4.08. The van der Waals surface area contributed by atoms with Crippen molar-refractivity contribution >= 4 is 32.5 Å². The topological polar surface area (TPSA) is 25.4 Å². The fourth-order valence-corrected chi connectivity index (χ4v) is 3.46. The van der Waals surface area contributed by atoms with Crippen molar-refractivity contribution in [3.8, 4) is 5.75 Å². The molecule has 0 atom stereocenters. The number of fused-ring (bicyclic) bond motifs is 1. The minimum absolute atomic E-state index is 0.802. The Morgan fingerprint density at radius 3 is 2.80 bits per heavy atom. The minimum atomic E-state index is 0.802. The Labute approximate surface area is 128 Å². The van der Waals surface area contributed by atoms with Crippen molar-refractivity contribution in [2.45, 2.75) is 12.8 Å². The van der Waals surface area contributed by atoms with E-state index < -0.39 is 0 Å². The molecule has 1 aliphatic heterocycles. The van der Waals surface area contributed by atoms with E-state index in [2.05, 4.69) is 44.0 Å². The zero-order chi connectivity index (χ0) is 13.9. The maximum atomic E-state index is 5.35. The molecule has 4 heteroatoms. The van der Waals surface area contributed by atoms with Gasteiger partial charge in [-0.3, -0.25) is 0 Å². The van der Waals surface area contributed by atoms with Gasteiger partial charge in [0.15, 0.2) is 0 Å². The molecular formula is C16H19BrN2O. The number of aromatic nitrogens is 1. The highest BCUT2D eigenvalue weighted by Gasteiger charge is 2.20. The molecule has 0 bridgehead atoms. The smallest absolute Gasteiger partial charge is 0.136 e. The number of halogens is 1. The number of alkyl halides is 1. The molecule has 0 radical (unpaired) electrons. The fourth-order valence-electron chi connectivity index (χ4n) is 2.81. The number of hydrogen-bond donors (Lipinski definition) is 0. The van der Waals surface area contributed by atoms with Crippen molar-refractivity contribution in [2.24, 2.45) is 5.92 Å². The first kappa shape index (κ1) is 13.7. The molecule has 0 unspecified atom stereocenters. The van der Waals surface area contributed by atoms with E-state index in [1.54, 1.807) is 7.11 Å². The lowest BCUT2D eigenvalue weighted by molar-refractivity contribution is 0.415. The normalized spacial score (nSPS) is 16.6. The van der Waals surface area contributed by atoms with Crippen LogP contribution in [0.1, 0.15) is 12.8 Å². The van der Waals surface area contributed by atoms with Crippen molar-refractivity contribution in [1.82, 2.24) is 4.98 Å². The molecule has 20 heavy (non-hydrogen) atoms. The first-order valence-electron chi connectivity index (χ1n) is 7.05. The van der Waals surface area contributed by atoms with E-state index in [9.17, 15) is 0 Å². The number of pyridine rings is 1. The largest absolute Gasteiger partial charge is 0.497 e. The summed E-state index contributed by atoms with van der Waals surface area (Å²) in [4.78, 5) is 7.02. The van der Waals surface area contributed by atoms with Crippen LogP contribution in [0.3, 0.4) is 0 Å². The van der Waals surface area contributed by atoms with Gasteiger partial charge < -0.3 is 9.64 Å². The molecule has 1 saturated heterocycles. The number of piperidine rings is 1. The monoisotopic (exact) mass is 334 g/mol. The van der Waals surface area contributed by atoms with E-state index in [1.165, 1.54) is 23.6 Å². The van der Waals surface area contributed by atoms with Gasteiger partial charge in [0.1, 0.15) is 11.6 Å². The van der Waals surface area contributed by atoms with E-state index in [0.29, 0.717) is 0 Å². The Morgan fingerprint density at radius 1 is 1.30 bits per heavy atom. The fraction of sp³-hybridized carbons (Fsp3) is 0.438. The number of hydrogen-bond acceptors (Lipinski definition) is 3. The van der Waals surface area contributed by atoms with E-state index in [0.717, 1.165) is 35.9 Å². The molecule has 3 rings (SSSR count). The van der Waals surface area contributed by atoms with Crippen LogP contribution in [0.25, 0.3) is 10.8 Å². The first-order valence-corrected chi connectivity index (χ1v) is 8.17. The zero-order valence-electron chi connectivity index (χ0n) is 11.7. The lowest BCUT2D eigenvalue weighted by Gasteiger charge is -2.32. The number of benzene rings is 1. The van der Waals surface area contributed by atoms with Gasteiger partial charge >= 0.3 is 0 Å². The number of nitrogens with zero attached hydrogens (tertiary/aromatic N) is 2. The van der Waals surface area contributed by atoms with Crippen LogP contribution in [0.2, 0.25) is 0 Å². The summed E-state index contributed by atoms with van der Waals surface area (Å²) in [6.07, 6.45) is 4.36. The maximum Gasteiger partial charge on any atom is 0.136 e. The highest BCUT2D eigenvalue weighted by Crippen LogP contribution is 2.31. The van der Waals surface area contributed by atoms with E-state index >= 15 is 0 Å². The van der Waals surface area contributed by atoms with Gasteiger partial charge in [-0.25, -0.2) is 4.98 Å². The van der Waals surface area contributed by atoms with Crippen LogP contribution in [-0.4, -0.2) is 30.5 Å². The van der Waals surface area contributed by atoms with Gasteiger partial charge in [0, 0.05) is 30.0 Å². The van der Waals surface area contributed by atoms with E-state index in [1.807, 2.05) is 12.3 Å². The van der Waals surface area contributed by atoms with Crippen LogP contribution in [-0.2, 0) is 0 Å². The van der Waals surface area contributed by atoms with Gasteiger partial charge in [0.2, 0.25) is 0 Å². The molecule has 1 aromatic heterocycles. The zero-order valence-corrected chi connectivity index (χ0v) is 13.3. The van der Waals surface area contributed by atoms with Crippen molar-refractivity contribution < 1.29 is 4.74 Å². The molecule has 1 aromatic carbocycles. The predicted octanol–water partition coefficient (Wildman–Crippen LogP) is 3.85. The van der Waals surface area contributed by atoms with Crippen LogP contribution in [0, 0.1) is 5.92 Å². The second kappa shape index (κ2) is 6.00. The van der Waals surface area contributed by atoms with Crippen LogP contribution < -0.4 is 9.64 Å². The number of methoxy groups -OCH3 is 1. The lowest BCUT2D eigenvalue weighted by Crippen LogP contribution is -2.34. The first-order chi connectivity index (χ1) is 9.81. The van der Waals surface area contributed by atoms with Crippen LogP contribution in [0.4, 0.5) is 5.82 Å². The molecule has 0 aliphatic carbocycles. The van der Waals surface area contributed by atoms with Gasteiger partial charge in [-0.15, -0.1) is 0 Å². The minimum Gasteiger partial charge on any atom is -0.497 e. The predicted molar refractivity (Wildman–Crippen MR) is 87.0 cm³/mol. The summed E-state index contributed by atoms with van der Waals surface area (Å²) >= 11 is 3.60. The Morgan fingerprint density at radius 2 is 2.10 bits per heavy atom. The van der Waals surface area contributed by atoms with Crippen LogP contribution in [0.5, 0.6) is 5.75 Å². The summed E-state index contributed by atoms with van der Waals surface area (Å²) in [5.41, 5.74) is 0. The SMILES string of the molecule is COc1ccc2ccnc(N3CCC(CBr)CC3)c2c1. The Hall–Kier alpha value is -1.29. The summed E-state index contributed by atoms with van der Waals surface area (Å²) in [6, 6.07) is 8.26. The third-order valence-corrected chi connectivity index (χ3v) is 5.00. The lowest BCUT2D eigenvalue weighted by atomic mass is 9.99. The van der Waals surface area contributed by atoms with Crippen LogP contribution >= 0.6 is 15.9 Å². The summed E-state index contributed by atoms with van der Waals surface area (Å²) < 4.78 is 5.35. The molecule has 1 aliphatic rings. The Bertz CT molecular complexity index is 594. The Kier molecular flexibility index (Phi) is 4.10. The van der Waals surface area contributed by atoms with Crippen molar-refractivity contribution in [2.75, 3.05) is 30.4 Å². The van der Waals surface area contributed by atoms with Crippen molar-refractivity contribution in [3.05, 3.63) is 30.5 Å². The van der Waals surface area contributed by atoms with Gasteiger partial charge in [-0.1, -0.05) is 22.0 Å². The van der Waals surface area contributed by atoms with Crippen molar-refractivity contribution in [1.29, 1.82) is 0 Å². The molecular weight excluding hydrogens is 316 g/mol. The Balaban J connectivity index is 1.94. The average molecular weight is 335 g/mol. The molecule has 2 aromatic rings. The summed E-state index contributed by atoms with van der Waals surface area (Å²) in [7, 11) is 1.71. The standard InChI is InChI=1S/C16H19BrN2O/c1-20-14-3-2-13-4-7-18-16(15(13)10-14)19-8-5-12(11-17)6-9-19/h2-4,7,10,12H,5-6,8-9,11H2,1H3. The van der Waals surface area contributed by atoms with Gasteiger partial charge in [0.25, 0.3) is 0 Å². The second-order valence-corrected chi connectivity index (χ2v) is 5.95. The molecule has 2 heterocycles. The molecule has 3 nitrogen and oxygen atoms in total. The third kappa shape index (κ3) is 2.62. The number of anilines is 1. The van der Waals surface area contributed by atoms with Gasteiger partial charge in [-0.2, -0.15) is 0 Å².